The summed E-state index contributed by atoms with van der Waals surface area (Å²) in [6, 6.07) is 14.9. The van der Waals surface area contributed by atoms with Crippen molar-refractivity contribution in [1.29, 1.82) is 0 Å². The van der Waals surface area contributed by atoms with Gasteiger partial charge in [0.15, 0.2) is 5.13 Å². The number of amides is 3. The molecule has 0 spiro atoms. The largest absolute Gasteiger partial charge is 0.424 e. The van der Waals surface area contributed by atoms with E-state index >= 15 is 0 Å². The van der Waals surface area contributed by atoms with Gasteiger partial charge >= 0.3 is 12.0 Å². The van der Waals surface area contributed by atoms with Crippen LogP contribution in [0.15, 0.2) is 73.3 Å². The molecule has 0 atom stereocenters. The quantitative estimate of drug-likeness (QED) is 0.199. The summed E-state index contributed by atoms with van der Waals surface area (Å²) in [4.78, 5) is 40.8. The minimum atomic E-state index is -0.470. The Morgan fingerprint density at radius 1 is 0.957 bits per heavy atom. The molecule has 7 rings (SSSR count). The highest BCUT2D eigenvalue weighted by atomic mass is 32.1. The predicted molar refractivity (Wildman–Crippen MR) is 180 cm³/mol. The van der Waals surface area contributed by atoms with Crippen LogP contribution >= 0.6 is 11.3 Å². The molecule has 14 heteroatoms. The molecule has 2 N–H and O–H groups in total. The summed E-state index contributed by atoms with van der Waals surface area (Å²) in [5, 5.41) is 16.5. The highest BCUT2D eigenvalue weighted by Gasteiger charge is 2.25. The molecule has 1 aliphatic rings. The summed E-state index contributed by atoms with van der Waals surface area (Å²) in [5.41, 5.74) is 3.74. The van der Waals surface area contributed by atoms with Crippen LogP contribution in [0.5, 0.6) is 11.8 Å². The van der Waals surface area contributed by atoms with Gasteiger partial charge in [0.25, 0.3) is 0 Å². The Bertz CT molecular complexity index is 2090. The maximum Gasteiger partial charge on any atom is 0.324 e. The molecule has 6 aromatic rings. The minimum absolute atomic E-state index is 0.119. The van der Waals surface area contributed by atoms with Gasteiger partial charge in [0.1, 0.15) is 11.6 Å². The van der Waals surface area contributed by atoms with Crippen LogP contribution in [0.1, 0.15) is 39.3 Å². The molecular formula is C33H32N10O3S. The fourth-order valence-electron chi connectivity index (χ4n) is 5.19. The van der Waals surface area contributed by atoms with Gasteiger partial charge in [0.05, 0.1) is 46.1 Å². The predicted octanol–water partition coefficient (Wildman–Crippen LogP) is 6.53. The highest BCUT2D eigenvalue weighted by molar-refractivity contribution is 7.19. The maximum atomic E-state index is 13.1. The average Bonchev–Trinajstić information content (AvgIpc) is 3.86. The summed E-state index contributed by atoms with van der Waals surface area (Å²) >= 11 is 1.49. The molecule has 4 aromatic heterocycles. The molecule has 47 heavy (non-hydrogen) atoms. The number of ether oxygens (including phenoxy) is 1. The third kappa shape index (κ3) is 6.27. The SMILES string of the molecule is Cn1ncc2cc(-n3nc(C(C)(C)C)cc3NC(=O)Nc3cnc(Oc4ccc(-c5cnc(N6CCCC6=O)s5)cc4)nc3)ccc21. The molecule has 1 fully saturated rings. The molecule has 0 aliphatic carbocycles. The molecular weight excluding hydrogens is 616 g/mol. The van der Waals surface area contributed by atoms with Crippen LogP contribution in [-0.4, -0.2) is 53.0 Å². The minimum Gasteiger partial charge on any atom is -0.424 e. The Morgan fingerprint density at radius 2 is 1.74 bits per heavy atom. The highest BCUT2D eigenvalue weighted by Crippen LogP contribution is 2.34. The number of anilines is 3. The molecule has 0 unspecified atom stereocenters. The second-order valence-corrected chi connectivity index (χ2v) is 13.2. The number of aryl methyl sites for hydroxylation is 1. The molecule has 3 amide bonds. The van der Waals surface area contributed by atoms with Crippen molar-refractivity contribution < 1.29 is 14.3 Å². The lowest BCUT2D eigenvalue weighted by Gasteiger charge is -2.14. The van der Waals surface area contributed by atoms with Gasteiger partial charge in [-0.15, -0.1) is 0 Å². The number of fused-ring (bicyclic) bond motifs is 1. The lowest BCUT2D eigenvalue weighted by atomic mass is 9.92. The van der Waals surface area contributed by atoms with Crippen LogP contribution in [0.25, 0.3) is 27.0 Å². The van der Waals surface area contributed by atoms with Crippen LogP contribution in [0.2, 0.25) is 0 Å². The molecule has 0 bridgehead atoms. The van der Waals surface area contributed by atoms with E-state index in [1.165, 1.54) is 23.7 Å². The number of thiazole rings is 1. The molecule has 13 nitrogen and oxygen atoms in total. The number of carbonyl (C=O) groups excluding carboxylic acids is 2. The van der Waals surface area contributed by atoms with Crippen molar-refractivity contribution in [3.05, 3.63) is 79.0 Å². The van der Waals surface area contributed by atoms with Crippen molar-refractivity contribution in [1.82, 2.24) is 34.5 Å². The summed E-state index contributed by atoms with van der Waals surface area (Å²) < 4.78 is 9.35. The second kappa shape index (κ2) is 11.9. The average molecular weight is 649 g/mol. The zero-order chi connectivity index (χ0) is 32.7. The van der Waals surface area contributed by atoms with Crippen LogP contribution in [0, 0.1) is 0 Å². The first-order valence-electron chi connectivity index (χ1n) is 15.1. The number of carbonyl (C=O) groups is 2. The van der Waals surface area contributed by atoms with Crippen LogP contribution < -0.4 is 20.3 Å². The molecule has 1 aliphatic heterocycles. The van der Waals surface area contributed by atoms with Gasteiger partial charge in [-0.25, -0.2) is 24.4 Å². The van der Waals surface area contributed by atoms with E-state index in [-0.39, 0.29) is 17.3 Å². The van der Waals surface area contributed by atoms with E-state index in [1.54, 1.807) is 22.0 Å². The lowest BCUT2D eigenvalue weighted by molar-refractivity contribution is -0.117. The zero-order valence-corrected chi connectivity index (χ0v) is 27.1. The fourth-order valence-corrected chi connectivity index (χ4v) is 6.16. The number of hydrogen-bond acceptors (Lipinski definition) is 9. The second-order valence-electron chi connectivity index (χ2n) is 12.2. The molecule has 238 valence electrons. The number of urea groups is 1. The Morgan fingerprint density at radius 3 is 2.47 bits per heavy atom. The van der Waals surface area contributed by atoms with Crippen molar-refractivity contribution >= 4 is 50.8 Å². The monoisotopic (exact) mass is 648 g/mol. The summed E-state index contributed by atoms with van der Waals surface area (Å²) in [7, 11) is 1.89. The first-order valence-corrected chi connectivity index (χ1v) is 15.9. The van der Waals surface area contributed by atoms with Crippen molar-refractivity contribution in [2.75, 3.05) is 22.1 Å². The molecule has 5 heterocycles. The van der Waals surface area contributed by atoms with Crippen molar-refractivity contribution in [3.8, 4) is 27.9 Å². The van der Waals surface area contributed by atoms with Crippen LogP contribution in [-0.2, 0) is 17.3 Å². The molecule has 0 radical (unpaired) electrons. The van der Waals surface area contributed by atoms with Gasteiger partial charge in [0.2, 0.25) is 5.91 Å². The van der Waals surface area contributed by atoms with Gasteiger partial charge in [-0.1, -0.05) is 32.1 Å². The third-order valence-corrected chi connectivity index (χ3v) is 8.79. The number of aromatic nitrogens is 7. The van der Waals surface area contributed by atoms with E-state index in [1.807, 2.05) is 60.3 Å². The van der Waals surface area contributed by atoms with Gasteiger partial charge in [-0.2, -0.15) is 10.2 Å². The molecule has 2 aromatic carbocycles. The van der Waals surface area contributed by atoms with E-state index in [0.717, 1.165) is 44.3 Å². The Kier molecular flexibility index (Phi) is 7.64. The maximum absolute atomic E-state index is 13.1. The van der Waals surface area contributed by atoms with E-state index in [0.29, 0.717) is 30.2 Å². The van der Waals surface area contributed by atoms with Gasteiger partial charge in [0, 0.05) is 43.1 Å². The standard InChI is InChI=1S/C33H32N10O3S/c1-33(2,3)27-15-28(43(40-27)23-9-12-25-21(14-23)16-37-41(25)4)39-30(45)38-22-17-34-31(35-18-22)46-24-10-7-20(8-11-24)26-19-36-32(47-26)42-13-5-6-29(42)44/h7-12,14-19H,5-6,13H2,1-4H3,(H2,38,39,45). The van der Waals surface area contributed by atoms with Gasteiger partial charge in [-0.3, -0.25) is 19.7 Å². The van der Waals surface area contributed by atoms with Crippen molar-refractivity contribution in [3.63, 3.8) is 0 Å². The number of hydrogen-bond donors (Lipinski definition) is 2. The molecule has 0 saturated carbocycles. The van der Waals surface area contributed by atoms with Crippen molar-refractivity contribution in [2.45, 2.75) is 39.0 Å². The first-order chi connectivity index (χ1) is 22.6. The summed E-state index contributed by atoms with van der Waals surface area (Å²) in [5.74, 6) is 1.19. The molecule has 1 saturated heterocycles. The topological polar surface area (TPSA) is 145 Å². The van der Waals surface area contributed by atoms with Crippen LogP contribution in [0.3, 0.4) is 0 Å². The van der Waals surface area contributed by atoms with Crippen LogP contribution in [0.4, 0.5) is 21.4 Å². The number of nitrogens with one attached hydrogen (secondary N) is 2. The zero-order valence-electron chi connectivity index (χ0n) is 26.3. The van der Waals surface area contributed by atoms with E-state index in [2.05, 4.69) is 51.5 Å². The number of rotatable bonds is 7. The third-order valence-electron chi connectivity index (χ3n) is 7.73. The van der Waals surface area contributed by atoms with E-state index < -0.39 is 6.03 Å². The Balaban J connectivity index is 1.00. The smallest absolute Gasteiger partial charge is 0.324 e. The number of nitrogens with zero attached hydrogens (tertiary/aromatic N) is 8. The van der Waals surface area contributed by atoms with E-state index in [9.17, 15) is 9.59 Å². The normalized spacial score (nSPS) is 13.4. The van der Waals surface area contributed by atoms with Gasteiger partial charge in [-0.05, 0) is 54.4 Å². The number of benzene rings is 2. The Hall–Kier alpha value is -5.63. The van der Waals surface area contributed by atoms with Crippen molar-refractivity contribution in [2.24, 2.45) is 7.05 Å². The first kappa shape index (κ1) is 30.0. The summed E-state index contributed by atoms with van der Waals surface area (Å²) in [6.07, 6.45) is 7.97. The Labute approximate surface area is 274 Å². The summed E-state index contributed by atoms with van der Waals surface area (Å²) in [6.45, 7) is 6.92. The fraction of sp³-hybridized carbons (Fsp3) is 0.242. The van der Waals surface area contributed by atoms with Gasteiger partial charge < -0.3 is 10.1 Å². The van der Waals surface area contributed by atoms with E-state index in [4.69, 9.17) is 9.84 Å². The lowest BCUT2D eigenvalue weighted by Crippen LogP contribution is -2.23.